The Morgan fingerprint density at radius 3 is 2.86 bits per heavy atom. The molecule has 3 heteroatoms. The lowest BCUT2D eigenvalue weighted by atomic mass is 9.90. The van der Waals surface area contributed by atoms with E-state index in [-0.39, 0.29) is 5.92 Å². The maximum Gasteiger partial charge on any atom is 0.0666 e. The molecule has 2 N–H and O–H groups in total. The van der Waals surface area contributed by atoms with Crippen LogP contribution in [0, 0.1) is 17.2 Å². The van der Waals surface area contributed by atoms with Gasteiger partial charge in [0.05, 0.1) is 12.0 Å². The van der Waals surface area contributed by atoms with Gasteiger partial charge in [-0.3, -0.25) is 0 Å². The summed E-state index contributed by atoms with van der Waals surface area (Å²) in [6.45, 7) is 2.84. The molecule has 14 heavy (non-hydrogen) atoms. The molecule has 3 nitrogen and oxygen atoms in total. The quantitative estimate of drug-likeness (QED) is 0.739. The zero-order valence-corrected chi connectivity index (χ0v) is 9.24. The summed E-state index contributed by atoms with van der Waals surface area (Å²) in [4.78, 5) is 2.30. The van der Waals surface area contributed by atoms with E-state index in [9.17, 15) is 0 Å². The van der Waals surface area contributed by atoms with Gasteiger partial charge in [0.25, 0.3) is 0 Å². The zero-order chi connectivity index (χ0) is 10.6. The van der Waals surface area contributed by atoms with Crippen molar-refractivity contribution in [1.82, 2.24) is 4.90 Å². The van der Waals surface area contributed by atoms with Gasteiger partial charge in [-0.25, -0.2) is 0 Å². The summed E-state index contributed by atoms with van der Waals surface area (Å²) in [5.74, 6) is 0.123. The summed E-state index contributed by atoms with van der Waals surface area (Å²) in [7, 11) is 2.11. The molecule has 1 rings (SSSR count). The first kappa shape index (κ1) is 11.5. The van der Waals surface area contributed by atoms with Crippen LogP contribution in [0.3, 0.4) is 0 Å². The molecule has 0 amide bonds. The smallest absolute Gasteiger partial charge is 0.0666 e. The second kappa shape index (κ2) is 5.33. The molecule has 0 saturated heterocycles. The van der Waals surface area contributed by atoms with Gasteiger partial charge in [-0.1, -0.05) is 6.42 Å². The van der Waals surface area contributed by atoms with Crippen molar-refractivity contribution >= 4 is 0 Å². The molecule has 1 fully saturated rings. The average Bonchev–Trinajstić information content (AvgIpc) is 2.17. The lowest BCUT2D eigenvalue weighted by Crippen LogP contribution is -2.42. The number of nitrogens with zero attached hydrogens (tertiary/aromatic N) is 2. The Hall–Kier alpha value is -0.590. The highest BCUT2D eigenvalue weighted by Crippen LogP contribution is 2.21. The fourth-order valence-electron chi connectivity index (χ4n) is 2.22. The molecule has 80 valence electrons. The van der Waals surface area contributed by atoms with Crippen molar-refractivity contribution in [2.45, 2.75) is 44.7 Å². The van der Waals surface area contributed by atoms with Crippen molar-refractivity contribution in [2.75, 3.05) is 13.6 Å². The van der Waals surface area contributed by atoms with Gasteiger partial charge in [-0.2, -0.15) is 5.26 Å². The summed E-state index contributed by atoms with van der Waals surface area (Å²) in [5, 5.41) is 8.73. The van der Waals surface area contributed by atoms with Crippen LogP contribution in [-0.4, -0.2) is 30.6 Å². The fraction of sp³-hybridized carbons (Fsp3) is 0.909. The van der Waals surface area contributed by atoms with Crippen molar-refractivity contribution < 1.29 is 0 Å². The van der Waals surface area contributed by atoms with Crippen LogP contribution >= 0.6 is 0 Å². The van der Waals surface area contributed by atoms with Crippen LogP contribution in [0.1, 0.15) is 32.6 Å². The van der Waals surface area contributed by atoms with Gasteiger partial charge in [0.15, 0.2) is 0 Å². The molecule has 3 atom stereocenters. The molecule has 0 bridgehead atoms. The SMILES string of the molecule is CC(C#N)CN(C)C1CCCC(N)C1. The molecule has 1 aliphatic carbocycles. The van der Waals surface area contributed by atoms with Crippen LogP contribution in [-0.2, 0) is 0 Å². The molecule has 0 aromatic rings. The molecule has 3 unspecified atom stereocenters. The first-order valence-corrected chi connectivity index (χ1v) is 5.49. The monoisotopic (exact) mass is 195 g/mol. The Kier molecular flexibility index (Phi) is 4.37. The molecule has 0 aromatic carbocycles. The fourth-order valence-corrected chi connectivity index (χ4v) is 2.22. The number of hydrogen-bond donors (Lipinski definition) is 1. The molecule has 0 aliphatic heterocycles. The minimum absolute atomic E-state index is 0.123. The predicted octanol–water partition coefficient (Wildman–Crippen LogP) is 1.35. The van der Waals surface area contributed by atoms with E-state index in [0.717, 1.165) is 19.4 Å². The van der Waals surface area contributed by atoms with Gasteiger partial charge in [0.2, 0.25) is 0 Å². The van der Waals surface area contributed by atoms with Crippen LogP contribution in [0.4, 0.5) is 0 Å². The summed E-state index contributed by atoms with van der Waals surface area (Å²) in [6.07, 6.45) is 4.73. The largest absolute Gasteiger partial charge is 0.328 e. The summed E-state index contributed by atoms with van der Waals surface area (Å²) in [5.41, 5.74) is 5.93. The van der Waals surface area contributed by atoms with Crippen molar-refractivity contribution in [2.24, 2.45) is 11.7 Å². The van der Waals surface area contributed by atoms with E-state index in [1.807, 2.05) is 6.92 Å². The molecule has 1 aliphatic rings. The second-order valence-electron chi connectivity index (χ2n) is 4.55. The second-order valence-corrected chi connectivity index (χ2v) is 4.55. The van der Waals surface area contributed by atoms with Crippen molar-refractivity contribution in [3.63, 3.8) is 0 Å². The Morgan fingerprint density at radius 2 is 2.29 bits per heavy atom. The van der Waals surface area contributed by atoms with Crippen molar-refractivity contribution in [3.05, 3.63) is 0 Å². The van der Waals surface area contributed by atoms with Crippen LogP contribution in [0.25, 0.3) is 0 Å². The number of hydrogen-bond acceptors (Lipinski definition) is 3. The summed E-state index contributed by atoms with van der Waals surface area (Å²) < 4.78 is 0. The van der Waals surface area contributed by atoms with Crippen LogP contribution in [0.15, 0.2) is 0 Å². The van der Waals surface area contributed by atoms with Crippen molar-refractivity contribution in [1.29, 1.82) is 5.26 Å². The predicted molar refractivity (Wildman–Crippen MR) is 57.6 cm³/mol. The Bertz CT molecular complexity index is 209. The van der Waals surface area contributed by atoms with E-state index in [1.54, 1.807) is 0 Å². The molecule has 0 spiro atoms. The summed E-state index contributed by atoms with van der Waals surface area (Å²) in [6, 6.07) is 3.23. The molecular formula is C11H21N3. The van der Waals surface area contributed by atoms with E-state index in [1.165, 1.54) is 12.8 Å². The minimum Gasteiger partial charge on any atom is -0.328 e. The highest BCUT2D eigenvalue weighted by Gasteiger charge is 2.23. The Morgan fingerprint density at radius 1 is 1.57 bits per heavy atom. The summed E-state index contributed by atoms with van der Waals surface area (Å²) >= 11 is 0. The molecular weight excluding hydrogens is 174 g/mol. The maximum absolute atomic E-state index is 8.73. The van der Waals surface area contributed by atoms with Crippen LogP contribution < -0.4 is 5.73 Å². The average molecular weight is 195 g/mol. The van der Waals surface area contributed by atoms with E-state index in [4.69, 9.17) is 11.0 Å². The normalized spacial score (nSPS) is 29.9. The Labute approximate surface area is 86.9 Å². The first-order chi connectivity index (χ1) is 6.63. The number of nitrogens with two attached hydrogens (primary N) is 1. The molecule has 0 radical (unpaired) electrons. The third-order valence-electron chi connectivity index (χ3n) is 3.09. The van der Waals surface area contributed by atoms with Crippen LogP contribution in [0.5, 0.6) is 0 Å². The number of rotatable bonds is 3. The van der Waals surface area contributed by atoms with Gasteiger partial charge in [-0.05, 0) is 33.2 Å². The lowest BCUT2D eigenvalue weighted by Gasteiger charge is -2.34. The minimum atomic E-state index is 0.123. The lowest BCUT2D eigenvalue weighted by molar-refractivity contribution is 0.170. The first-order valence-electron chi connectivity index (χ1n) is 5.49. The van der Waals surface area contributed by atoms with E-state index < -0.39 is 0 Å². The van der Waals surface area contributed by atoms with E-state index in [0.29, 0.717) is 12.1 Å². The van der Waals surface area contributed by atoms with Crippen molar-refractivity contribution in [3.8, 4) is 6.07 Å². The van der Waals surface area contributed by atoms with E-state index >= 15 is 0 Å². The third kappa shape index (κ3) is 3.28. The van der Waals surface area contributed by atoms with E-state index in [2.05, 4.69) is 18.0 Å². The highest BCUT2D eigenvalue weighted by molar-refractivity contribution is 4.85. The highest BCUT2D eigenvalue weighted by atomic mass is 15.1. The van der Waals surface area contributed by atoms with Gasteiger partial charge in [0, 0.05) is 18.6 Å². The third-order valence-corrected chi connectivity index (χ3v) is 3.09. The standard InChI is InChI=1S/C11H21N3/c1-9(7-12)8-14(2)11-5-3-4-10(13)6-11/h9-11H,3-6,8,13H2,1-2H3. The van der Waals surface area contributed by atoms with Gasteiger partial charge < -0.3 is 10.6 Å². The molecule has 1 saturated carbocycles. The Balaban J connectivity index is 2.36. The number of nitriles is 1. The zero-order valence-electron chi connectivity index (χ0n) is 9.24. The maximum atomic E-state index is 8.73. The van der Waals surface area contributed by atoms with Gasteiger partial charge in [0.1, 0.15) is 0 Å². The van der Waals surface area contributed by atoms with Gasteiger partial charge in [-0.15, -0.1) is 0 Å². The molecule has 0 aromatic heterocycles. The molecule has 0 heterocycles. The van der Waals surface area contributed by atoms with Crippen LogP contribution in [0.2, 0.25) is 0 Å². The topological polar surface area (TPSA) is 53.0 Å². The van der Waals surface area contributed by atoms with Gasteiger partial charge >= 0.3 is 0 Å².